The summed E-state index contributed by atoms with van der Waals surface area (Å²) in [7, 11) is -2.50. The Labute approximate surface area is 385 Å². The lowest BCUT2D eigenvalue weighted by Crippen LogP contribution is -2.60. The molecule has 18 nitrogen and oxygen atoms in total. The largest absolute Gasteiger partial charge is 0.495 e. The number of hydrogen-bond donors (Lipinski definition) is 4. The third-order valence-electron chi connectivity index (χ3n) is 11.4. The molecule has 5 atom stereocenters. The van der Waals surface area contributed by atoms with Gasteiger partial charge in [-0.1, -0.05) is 52.3 Å². The zero-order chi connectivity index (χ0) is 47.6. The summed E-state index contributed by atoms with van der Waals surface area (Å²) < 4.78 is 52.0. The van der Waals surface area contributed by atoms with Crippen molar-refractivity contribution in [2.75, 3.05) is 19.0 Å². The minimum atomic E-state index is -3.98. The van der Waals surface area contributed by atoms with Gasteiger partial charge in [-0.15, -0.1) is 17.9 Å². The molecule has 65 heavy (non-hydrogen) atoms. The number of benzene rings is 1. The highest BCUT2D eigenvalue weighted by molar-refractivity contribution is 7.91. The number of anilines is 1. The molecule has 7 rings (SSSR count). The molecule has 0 radical (unpaired) electrons. The molecule has 1 saturated heterocycles. The highest BCUT2D eigenvalue weighted by atomic mass is 35.5. The molecule has 21 heteroatoms. The molecule has 350 valence electrons. The van der Waals surface area contributed by atoms with E-state index >= 15 is 0 Å². The third kappa shape index (κ3) is 9.89. The number of hydrogen-bond acceptors (Lipinski definition) is 14. The summed E-state index contributed by atoms with van der Waals surface area (Å²) >= 11 is 8.05. The first kappa shape index (κ1) is 47.5. The van der Waals surface area contributed by atoms with Gasteiger partial charge in [-0.3, -0.25) is 23.9 Å². The SMILES string of the molecule is C=C[C@@H]1C[C@]1(NC(=O)[C@@H]1C[C@@H](Oc2cc(-c3csc(NC(=O)C(C)C)n3)nc3c2oc2ccc(OC)c(Cl)c23)CN1C(=O)[C@@H](NC(=O)OC(C)(C)C)C(C)(C)C)C(=O)NS(=O)(=O)C1CC1. The van der Waals surface area contributed by atoms with Crippen molar-refractivity contribution >= 4 is 89.9 Å². The summed E-state index contributed by atoms with van der Waals surface area (Å²) in [5.74, 6) is -2.87. The average Bonchev–Trinajstić information content (AvgIpc) is 4.04. The molecule has 2 saturated carbocycles. The third-order valence-corrected chi connectivity index (χ3v) is 14.3. The van der Waals surface area contributed by atoms with Crippen molar-refractivity contribution in [1.82, 2.24) is 30.2 Å². The molecular formula is C44H54ClN7O11S2. The van der Waals surface area contributed by atoms with Crippen LogP contribution in [0.5, 0.6) is 11.5 Å². The van der Waals surface area contributed by atoms with Crippen LogP contribution in [-0.4, -0.2) is 101 Å². The first-order valence-electron chi connectivity index (χ1n) is 21.2. The Hall–Kier alpha value is -5.47. The molecule has 3 aliphatic rings. The van der Waals surface area contributed by atoms with Gasteiger partial charge in [0.2, 0.25) is 27.7 Å². The van der Waals surface area contributed by atoms with E-state index in [1.54, 1.807) is 79.0 Å². The summed E-state index contributed by atoms with van der Waals surface area (Å²) in [4.78, 5) is 79.7. The molecule has 1 aromatic carbocycles. The summed E-state index contributed by atoms with van der Waals surface area (Å²) in [6, 6.07) is 2.41. The molecule has 0 spiro atoms. The molecule has 1 aliphatic heterocycles. The second-order valence-electron chi connectivity index (χ2n) is 19.0. The number of pyridine rings is 1. The number of carbonyl (C=O) groups excluding carboxylic acids is 5. The zero-order valence-corrected chi connectivity index (χ0v) is 40.0. The second-order valence-corrected chi connectivity index (χ2v) is 22.2. The molecule has 3 fully saturated rings. The summed E-state index contributed by atoms with van der Waals surface area (Å²) in [5, 5.41) is 10.3. The van der Waals surface area contributed by atoms with Crippen molar-refractivity contribution in [3.8, 4) is 22.9 Å². The zero-order valence-electron chi connectivity index (χ0n) is 37.6. The highest BCUT2D eigenvalue weighted by Gasteiger charge is 2.62. The van der Waals surface area contributed by atoms with E-state index in [1.807, 2.05) is 0 Å². The van der Waals surface area contributed by atoms with E-state index in [0.29, 0.717) is 51.6 Å². The maximum Gasteiger partial charge on any atom is 0.408 e. The molecular weight excluding hydrogens is 902 g/mol. The van der Waals surface area contributed by atoms with Gasteiger partial charge < -0.3 is 39.5 Å². The maximum absolute atomic E-state index is 14.9. The number of halogens is 1. The van der Waals surface area contributed by atoms with E-state index in [4.69, 9.17) is 35.2 Å². The normalized spacial score (nSPS) is 21.5. The molecule has 3 aromatic heterocycles. The fraction of sp³-hybridized carbons (Fsp3) is 0.523. The summed E-state index contributed by atoms with van der Waals surface area (Å²) in [5.41, 5.74) is -1.88. The van der Waals surface area contributed by atoms with Crippen LogP contribution in [0.25, 0.3) is 33.5 Å². The number of fused-ring (bicyclic) bond motifs is 3. The van der Waals surface area contributed by atoms with Crippen molar-refractivity contribution in [3.05, 3.63) is 41.3 Å². The number of alkyl carbamates (subject to hydrolysis) is 1. The van der Waals surface area contributed by atoms with Crippen LogP contribution in [0.2, 0.25) is 5.02 Å². The van der Waals surface area contributed by atoms with Gasteiger partial charge in [0.25, 0.3) is 5.91 Å². The van der Waals surface area contributed by atoms with Gasteiger partial charge in [0.15, 0.2) is 16.5 Å². The minimum Gasteiger partial charge on any atom is -0.495 e. The molecule has 2 aliphatic carbocycles. The number of carbonyl (C=O) groups is 5. The number of ether oxygens (including phenoxy) is 3. The number of rotatable bonds is 14. The van der Waals surface area contributed by atoms with Gasteiger partial charge in [-0.2, -0.15) is 0 Å². The lowest BCUT2D eigenvalue weighted by Gasteiger charge is -2.36. The van der Waals surface area contributed by atoms with Crippen LogP contribution < -0.4 is 30.1 Å². The Morgan fingerprint density at radius 1 is 1.06 bits per heavy atom. The van der Waals surface area contributed by atoms with E-state index in [1.165, 1.54) is 29.4 Å². The predicted octanol–water partition coefficient (Wildman–Crippen LogP) is 6.32. The van der Waals surface area contributed by atoms with Gasteiger partial charge in [-0.05, 0) is 57.6 Å². The van der Waals surface area contributed by atoms with Crippen molar-refractivity contribution < 1.29 is 51.0 Å². The molecule has 5 amide bonds. The van der Waals surface area contributed by atoms with Gasteiger partial charge in [0, 0.05) is 29.7 Å². The Kier molecular flexibility index (Phi) is 12.7. The molecule has 4 N–H and O–H groups in total. The Morgan fingerprint density at radius 3 is 2.37 bits per heavy atom. The quantitative estimate of drug-likeness (QED) is 0.101. The first-order valence-corrected chi connectivity index (χ1v) is 24.0. The van der Waals surface area contributed by atoms with Gasteiger partial charge >= 0.3 is 6.09 Å². The summed E-state index contributed by atoms with van der Waals surface area (Å²) in [6.07, 6.45) is 0.504. The smallest absolute Gasteiger partial charge is 0.408 e. The number of likely N-dealkylation sites (tertiary alicyclic amines) is 1. The van der Waals surface area contributed by atoms with E-state index < -0.39 is 79.7 Å². The maximum atomic E-state index is 14.9. The molecule has 0 bridgehead atoms. The monoisotopic (exact) mass is 955 g/mol. The topological polar surface area (TPSA) is 237 Å². The highest BCUT2D eigenvalue weighted by Crippen LogP contribution is 2.46. The van der Waals surface area contributed by atoms with Gasteiger partial charge in [0.1, 0.15) is 51.9 Å². The second kappa shape index (κ2) is 17.4. The lowest BCUT2D eigenvalue weighted by molar-refractivity contribution is -0.143. The van der Waals surface area contributed by atoms with Crippen LogP contribution in [0.4, 0.5) is 9.93 Å². The number of methoxy groups -OCH3 is 1. The Bertz CT molecular complexity index is 2700. The van der Waals surface area contributed by atoms with Gasteiger partial charge in [0.05, 0.1) is 35.0 Å². The van der Waals surface area contributed by atoms with Crippen LogP contribution in [-0.2, 0) is 33.9 Å². The van der Waals surface area contributed by atoms with Crippen LogP contribution in [0, 0.1) is 17.3 Å². The van der Waals surface area contributed by atoms with E-state index in [0.717, 1.165) is 0 Å². The van der Waals surface area contributed by atoms with Crippen LogP contribution >= 0.6 is 22.9 Å². The lowest BCUT2D eigenvalue weighted by atomic mass is 9.85. The van der Waals surface area contributed by atoms with Crippen LogP contribution in [0.15, 0.2) is 40.7 Å². The number of amides is 5. The van der Waals surface area contributed by atoms with Crippen LogP contribution in [0.3, 0.4) is 0 Å². The van der Waals surface area contributed by atoms with Crippen molar-refractivity contribution in [2.24, 2.45) is 17.3 Å². The van der Waals surface area contributed by atoms with Crippen LogP contribution in [0.1, 0.15) is 81.1 Å². The molecule has 4 aromatic rings. The van der Waals surface area contributed by atoms with Crippen molar-refractivity contribution in [1.29, 1.82) is 0 Å². The number of sulfonamides is 1. The van der Waals surface area contributed by atoms with Crippen molar-refractivity contribution in [3.63, 3.8) is 0 Å². The number of aromatic nitrogens is 2. The Balaban J connectivity index is 1.27. The van der Waals surface area contributed by atoms with Gasteiger partial charge in [-0.25, -0.2) is 23.2 Å². The van der Waals surface area contributed by atoms with Crippen molar-refractivity contribution in [2.45, 2.75) is 116 Å². The number of nitrogens with zero attached hydrogens (tertiary/aromatic N) is 3. The standard InChI is InChI=1S/C44H54ClN7O11S2/c1-11-22-18-44(22,39(56)51-65(58,59)24-12-13-24)50-37(54)27-16-23(19-52(27)38(55)35(42(4,5)6)48-41(57)63-43(7,8)9)61-30-17-25(26-20-64-40(47-26)49-36(53)21(2)3)46-33-31-28(62-34(30)33)14-15-29(60-10)32(31)45/h11,14-15,17,20-24,27,35H,1,12-13,16,18-19H2,2-10H3,(H,48,57)(H,50,54)(H,51,56)(H,47,49,53)/t22-,23-,27+,35-,44-/m1/s1. The number of nitrogens with one attached hydrogen (secondary N) is 4. The molecule has 4 heterocycles. The number of thiazole rings is 1. The fourth-order valence-electron chi connectivity index (χ4n) is 7.62. The van der Waals surface area contributed by atoms with E-state index in [-0.39, 0.29) is 47.6 Å². The first-order chi connectivity index (χ1) is 30.3. The predicted molar refractivity (Wildman–Crippen MR) is 244 cm³/mol. The number of furan rings is 1. The fourth-order valence-corrected chi connectivity index (χ4v) is 10.0. The summed E-state index contributed by atoms with van der Waals surface area (Å²) in [6.45, 7) is 17.4. The van der Waals surface area contributed by atoms with E-state index in [9.17, 15) is 32.4 Å². The van der Waals surface area contributed by atoms with E-state index in [2.05, 4.69) is 32.2 Å². The average molecular weight is 957 g/mol. The minimum absolute atomic E-state index is 0.0797. The molecule has 0 unspecified atom stereocenters. The Morgan fingerprint density at radius 2 is 1.77 bits per heavy atom.